The highest BCUT2D eigenvalue weighted by Crippen LogP contribution is 2.18. The summed E-state index contributed by atoms with van der Waals surface area (Å²) in [6.07, 6.45) is 4.69. The first-order chi connectivity index (χ1) is 14.2. The Morgan fingerprint density at radius 2 is 2.07 bits per heavy atom. The first-order valence-electron chi connectivity index (χ1n) is 10.5. The Kier molecular flexibility index (Phi) is 8.49. The van der Waals surface area contributed by atoms with Crippen LogP contribution in [-0.4, -0.2) is 69.1 Å². The number of likely N-dealkylation sites (tertiary alicyclic amines) is 1. The molecule has 2 saturated heterocycles. The third kappa shape index (κ3) is 6.82. The molecule has 0 aromatic heterocycles. The van der Waals surface area contributed by atoms with Crippen LogP contribution in [0.2, 0.25) is 0 Å². The summed E-state index contributed by atoms with van der Waals surface area (Å²) in [5.41, 5.74) is 0. The van der Waals surface area contributed by atoms with Gasteiger partial charge in [-0.05, 0) is 44.7 Å². The molecule has 162 valence electrons. The molecule has 3 rings (SSSR count). The van der Waals surface area contributed by atoms with Gasteiger partial charge in [-0.1, -0.05) is 0 Å². The van der Waals surface area contributed by atoms with Crippen molar-refractivity contribution in [1.82, 2.24) is 10.2 Å². The first-order valence-corrected chi connectivity index (χ1v) is 10.5. The van der Waals surface area contributed by atoms with Crippen molar-refractivity contribution in [2.75, 3.05) is 46.0 Å². The second-order valence-electron chi connectivity index (χ2n) is 7.31. The Bertz CT molecular complexity index is 661. The summed E-state index contributed by atoms with van der Waals surface area (Å²) in [7, 11) is 0. The van der Waals surface area contributed by atoms with E-state index in [0.29, 0.717) is 25.5 Å². The molecule has 8 heteroatoms. The average Bonchev–Trinajstić information content (AvgIpc) is 3.25. The number of nitrogens with zero attached hydrogens (tertiary/aromatic N) is 2. The Morgan fingerprint density at radius 1 is 1.24 bits per heavy atom. The number of aliphatic imine (C=N–C) groups is 1. The van der Waals surface area contributed by atoms with Crippen molar-refractivity contribution in [2.45, 2.75) is 44.8 Å². The highest BCUT2D eigenvalue weighted by atomic mass is 19.2. The van der Waals surface area contributed by atoms with Crippen LogP contribution in [0.25, 0.3) is 0 Å². The van der Waals surface area contributed by atoms with E-state index in [2.05, 4.69) is 15.2 Å². The van der Waals surface area contributed by atoms with Gasteiger partial charge < -0.3 is 24.4 Å². The van der Waals surface area contributed by atoms with E-state index in [9.17, 15) is 8.78 Å². The van der Waals surface area contributed by atoms with Gasteiger partial charge in [0.2, 0.25) is 0 Å². The number of benzene rings is 1. The van der Waals surface area contributed by atoms with E-state index in [4.69, 9.17) is 14.2 Å². The average molecular weight is 411 g/mol. The fraction of sp³-hybridized carbons (Fsp3) is 0.667. The van der Waals surface area contributed by atoms with Gasteiger partial charge in [-0.25, -0.2) is 13.8 Å². The third-order valence-electron chi connectivity index (χ3n) is 5.13. The molecule has 2 heterocycles. The van der Waals surface area contributed by atoms with Crippen LogP contribution in [0.15, 0.2) is 23.2 Å². The second-order valence-corrected chi connectivity index (χ2v) is 7.31. The van der Waals surface area contributed by atoms with Gasteiger partial charge in [-0.3, -0.25) is 0 Å². The highest BCUT2D eigenvalue weighted by Gasteiger charge is 2.24. The molecule has 1 N–H and O–H groups in total. The lowest BCUT2D eigenvalue weighted by molar-refractivity contribution is -0.0367. The number of hydrogen-bond acceptors (Lipinski definition) is 4. The molecule has 29 heavy (non-hydrogen) atoms. The van der Waals surface area contributed by atoms with Crippen LogP contribution in [0, 0.1) is 11.6 Å². The number of rotatable bonds is 8. The summed E-state index contributed by atoms with van der Waals surface area (Å²) in [6, 6.07) is 3.52. The number of ether oxygens (including phenoxy) is 3. The van der Waals surface area contributed by atoms with Crippen LogP contribution in [0.3, 0.4) is 0 Å². The summed E-state index contributed by atoms with van der Waals surface area (Å²) in [5, 5.41) is 3.31. The van der Waals surface area contributed by atoms with E-state index in [-0.39, 0.29) is 12.2 Å². The molecule has 6 nitrogen and oxygen atoms in total. The van der Waals surface area contributed by atoms with E-state index in [1.54, 1.807) is 0 Å². The molecular weight excluding hydrogens is 380 g/mol. The van der Waals surface area contributed by atoms with Crippen LogP contribution in [0.5, 0.6) is 5.75 Å². The van der Waals surface area contributed by atoms with Crippen molar-refractivity contribution in [3.05, 3.63) is 29.8 Å². The highest BCUT2D eigenvalue weighted by molar-refractivity contribution is 5.80. The van der Waals surface area contributed by atoms with Crippen molar-refractivity contribution in [3.63, 3.8) is 0 Å². The maximum absolute atomic E-state index is 13.2. The van der Waals surface area contributed by atoms with Crippen molar-refractivity contribution in [1.29, 1.82) is 0 Å². The predicted octanol–water partition coefficient (Wildman–Crippen LogP) is 2.97. The van der Waals surface area contributed by atoms with Crippen LogP contribution < -0.4 is 10.1 Å². The van der Waals surface area contributed by atoms with Crippen molar-refractivity contribution in [3.8, 4) is 5.75 Å². The van der Waals surface area contributed by atoms with Crippen molar-refractivity contribution in [2.24, 2.45) is 4.99 Å². The van der Waals surface area contributed by atoms with E-state index >= 15 is 0 Å². The lowest BCUT2D eigenvalue weighted by Gasteiger charge is -2.34. The van der Waals surface area contributed by atoms with Crippen LogP contribution in [0.4, 0.5) is 8.78 Å². The molecule has 1 aromatic rings. The summed E-state index contributed by atoms with van der Waals surface area (Å²) in [6.45, 7) is 6.84. The normalized spacial score (nSPS) is 20.9. The molecule has 1 atom stereocenters. The molecule has 0 aliphatic carbocycles. The fourth-order valence-electron chi connectivity index (χ4n) is 3.56. The van der Waals surface area contributed by atoms with E-state index < -0.39 is 11.6 Å². The smallest absolute Gasteiger partial charge is 0.194 e. The zero-order valence-electron chi connectivity index (χ0n) is 17.0. The molecule has 0 saturated carbocycles. The number of nitrogens with one attached hydrogen (secondary N) is 1. The Balaban J connectivity index is 1.40. The molecule has 2 aliphatic heterocycles. The molecule has 0 spiro atoms. The van der Waals surface area contributed by atoms with Gasteiger partial charge in [0.05, 0.1) is 25.4 Å². The summed E-state index contributed by atoms with van der Waals surface area (Å²) in [5.74, 6) is -0.649. The number of piperidine rings is 1. The molecule has 0 radical (unpaired) electrons. The van der Waals surface area contributed by atoms with Crippen LogP contribution in [0.1, 0.15) is 32.6 Å². The number of hydrogen-bond donors (Lipinski definition) is 1. The molecule has 2 fully saturated rings. The fourth-order valence-corrected chi connectivity index (χ4v) is 3.56. The predicted molar refractivity (Wildman–Crippen MR) is 107 cm³/mol. The minimum absolute atomic E-state index is 0.265. The van der Waals surface area contributed by atoms with E-state index in [1.165, 1.54) is 6.07 Å². The zero-order valence-corrected chi connectivity index (χ0v) is 17.0. The molecule has 0 bridgehead atoms. The Hall–Kier alpha value is -1.93. The topological polar surface area (TPSA) is 55.3 Å². The Labute approximate surface area is 171 Å². The van der Waals surface area contributed by atoms with Crippen LogP contribution in [-0.2, 0) is 9.47 Å². The third-order valence-corrected chi connectivity index (χ3v) is 5.13. The minimum atomic E-state index is -0.913. The standard InChI is InChI=1S/C21H31F2N3O3/c1-2-24-21(25-9-13-28-17-5-6-19(22)20(23)14-17)26-10-7-16(8-11-26)29-15-18-4-3-12-27-18/h5-6,14,16,18H,2-4,7-13,15H2,1H3,(H,24,25). The summed E-state index contributed by atoms with van der Waals surface area (Å²) >= 11 is 0. The molecule has 2 aliphatic rings. The van der Waals surface area contributed by atoms with Gasteiger partial charge in [0.15, 0.2) is 17.6 Å². The lowest BCUT2D eigenvalue weighted by atomic mass is 10.1. The van der Waals surface area contributed by atoms with Crippen molar-refractivity contribution < 1.29 is 23.0 Å². The largest absolute Gasteiger partial charge is 0.492 e. The number of halogens is 2. The van der Waals surface area contributed by atoms with Gasteiger partial charge in [0.25, 0.3) is 0 Å². The lowest BCUT2D eigenvalue weighted by Crippen LogP contribution is -2.47. The van der Waals surface area contributed by atoms with E-state index in [1.807, 2.05) is 6.92 Å². The number of guanidine groups is 1. The first kappa shape index (κ1) is 21.8. The molecule has 0 amide bonds. The van der Waals surface area contributed by atoms with Gasteiger partial charge >= 0.3 is 0 Å². The summed E-state index contributed by atoms with van der Waals surface area (Å²) in [4.78, 5) is 6.83. The van der Waals surface area contributed by atoms with Gasteiger partial charge in [0, 0.05) is 32.3 Å². The zero-order chi connectivity index (χ0) is 20.5. The van der Waals surface area contributed by atoms with Crippen LogP contribution >= 0.6 is 0 Å². The maximum atomic E-state index is 13.2. The van der Waals surface area contributed by atoms with E-state index in [0.717, 1.165) is 70.0 Å². The van der Waals surface area contributed by atoms with Gasteiger partial charge in [0.1, 0.15) is 12.4 Å². The second kappa shape index (κ2) is 11.3. The maximum Gasteiger partial charge on any atom is 0.194 e. The molecular formula is C21H31F2N3O3. The summed E-state index contributed by atoms with van der Waals surface area (Å²) < 4.78 is 43.3. The Morgan fingerprint density at radius 3 is 2.76 bits per heavy atom. The van der Waals surface area contributed by atoms with Crippen molar-refractivity contribution >= 4 is 5.96 Å². The monoisotopic (exact) mass is 411 g/mol. The SMILES string of the molecule is CCNC(=NCCOc1ccc(F)c(F)c1)N1CCC(OCC2CCCO2)CC1. The molecule has 1 aromatic carbocycles. The van der Waals surface area contributed by atoms with Gasteiger partial charge in [-0.15, -0.1) is 0 Å². The minimum Gasteiger partial charge on any atom is -0.492 e. The van der Waals surface area contributed by atoms with Gasteiger partial charge in [-0.2, -0.15) is 0 Å². The molecule has 1 unspecified atom stereocenters. The quantitative estimate of drug-likeness (QED) is 0.405.